The summed E-state index contributed by atoms with van der Waals surface area (Å²) in [7, 11) is 0. The molecule has 0 bridgehead atoms. The van der Waals surface area contributed by atoms with Crippen molar-refractivity contribution in [1.29, 1.82) is 0 Å². The minimum absolute atomic E-state index is 0.350. The van der Waals surface area contributed by atoms with Crippen molar-refractivity contribution < 1.29 is 0 Å². The molecule has 0 aliphatic heterocycles. The van der Waals surface area contributed by atoms with Crippen molar-refractivity contribution in [3.63, 3.8) is 0 Å². The van der Waals surface area contributed by atoms with Gasteiger partial charge in [-0.1, -0.05) is 0 Å². The first kappa shape index (κ1) is 7.79. The fraction of sp³-hybridized carbons (Fsp3) is 1.00. The van der Waals surface area contributed by atoms with Crippen LogP contribution in [0.4, 0.5) is 0 Å². The Morgan fingerprint density at radius 3 is 1.14 bits per heavy atom. The second-order valence-electron chi connectivity index (χ2n) is 2.23. The quantitative estimate of drug-likeness (QED) is 0.618. The summed E-state index contributed by atoms with van der Waals surface area (Å²) in [6.07, 6.45) is 0. The summed E-state index contributed by atoms with van der Waals surface area (Å²) in [6, 6.07) is 0. The molecule has 0 nitrogen and oxygen atoms in total. The fourth-order valence-electron chi connectivity index (χ4n) is 0.544. The zero-order chi connectivity index (χ0) is 5.86. The van der Waals surface area contributed by atoms with Gasteiger partial charge >= 0.3 is 56.5 Å². The molecule has 7 heavy (non-hydrogen) atoms. The van der Waals surface area contributed by atoms with Crippen LogP contribution in [0.15, 0.2) is 0 Å². The molecule has 0 heterocycles. The van der Waals surface area contributed by atoms with Crippen LogP contribution < -0.4 is 0 Å². The van der Waals surface area contributed by atoms with E-state index in [4.69, 9.17) is 0 Å². The third-order valence-corrected chi connectivity index (χ3v) is 3.65. The molecule has 0 aliphatic carbocycles. The van der Waals surface area contributed by atoms with Gasteiger partial charge in [0.1, 0.15) is 0 Å². The van der Waals surface area contributed by atoms with Crippen LogP contribution in [0.2, 0.25) is 7.93 Å². The van der Waals surface area contributed by atoms with E-state index in [1.807, 2.05) is 0 Å². The van der Waals surface area contributed by atoms with Crippen LogP contribution in [-0.2, 0) is 0 Å². The van der Waals surface area contributed by atoms with Crippen LogP contribution in [-0.4, -0.2) is 20.9 Å². The Kier molecular flexibility index (Phi) is 4.17. The van der Waals surface area contributed by atoms with Gasteiger partial charge in [-0.15, -0.1) is 0 Å². The van der Waals surface area contributed by atoms with Crippen LogP contribution >= 0.6 is 0 Å². The van der Waals surface area contributed by atoms with Crippen LogP contribution in [0.25, 0.3) is 0 Å². The van der Waals surface area contributed by atoms with Gasteiger partial charge in [0.2, 0.25) is 0 Å². The molecule has 0 saturated heterocycles. The minimum atomic E-state index is 0.350. The molecule has 0 unspecified atom stereocenters. The van der Waals surface area contributed by atoms with Gasteiger partial charge in [-0.2, -0.15) is 0 Å². The van der Waals surface area contributed by atoms with E-state index >= 15 is 0 Å². The summed E-state index contributed by atoms with van der Waals surface area (Å²) < 4.78 is 2.01. The molecule has 0 saturated carbocycles. The maximum absolute atomic E-state index is 2.32. The first-order valence-electron chi connectivity index (χ1n) is 2.78. The van der Waals surface area contributed by atoms with Crippen molar-refractivity contribution >= 4 is 20.9 Å². The van der Waals surface area contributed by atoms with Crippen molar-refractivity contribution in [3.05, 3.63) is 0 Å². The Morgan fingerprint density at radius 1 is 0.857 bits per heavy atom. The summed E-state index contributed by atoms with van der Waals surface area (Å²) in [5.41, 5.74) is 0. The Morgan fingerprint density at radius 2 is 1.14 bits per heavy atom. The molecule has 0 N–H and O–H groups in total. The summed E-state index contributed by atoms with van der Waals surface area (Å²) in [6.45, 7) is 9.29. The molecule has 0 aromatic rings. The Labute approximate surface area is 56.8 Å². The predicted octanol–water partition coefficient (Wildman–Crippen LogP) is 2.35. The molecule has 0 aromatic heterocycles. The molecule has 43 valence electrons. The molecule has 0 fully saturated rings. The first-order chi connectivity index (χ1) is 3.13. The molecule has 0 rings (SSSR count). The van der Waals surface area contributed by atoms with E-state index in [0.29, 0.717) is 20.9 Å². The molecular weight excluding hydrogens is 200 g/mol. The third kappa shape index (κ3) is 6.79. The van der Waals surface area contributed by atoms with Crippen molar-refractivity contribution in [3.8, 4) is 0 Å². The molecule has 1 heteroatoms. The SMILES string of the molecule is CC(C)[Te+]C(C)C. The van der Waals surface area contributed by atoms with Crippen molar-refractivity contribution in [2.45, 2.75) is 35.6 Å². The van der Waals surface area contributed by atoms with E-state index in [0.717, 1.165) is 7.93 Å². The van der Waals surface area contributed by atoms with Gasteiger partial charge < -0.3 is 0 Å². The molecule has 1 radical (unpaired) electrons. The maximum atomic E-state index is 2.32. The van der Waals surface area contributed by atoms with E-state index < -0.39 is 0 Å². The number of rotatable bonds is 2. The average molecular weight is 214 g/mol. The van der Waals surface area contributed by atoms with E-state index in [2.05, 4.69) is 27.7 Å². The second-order valence-corrected chi connectivity index (χ2v) is 8.39. The predicted molar refractivity (Wildman–Crippen MR) is 35.9 cm³/mol. The summed E-state index contributed by atoms with van der Waals surface area (Å²) in [5, 5.41) is 0. The average Bonchev–Trinajstić information content (AvgIpc) is 1.27. The topological polar surface area (TPSA) is 0 Å². The van der Waals surface area contributed by atoms with Crippen LogP contribution in [0.1, 0.15) is 27.7 Å². The zero-order valence-corrected chi connectivity index (χ0v) is 7.89. The van der Waals surface area contributed by atoms with Gasteiger partial charge in [-0.05, 0) is 0 Å². The molecular formula is C6H14Te+. The standard InChI is InChI=1S/C6H14Te/c1-5(2)7-6(3)4/h5-6H,1-4H3/q+1. The normalized spacial score (nSPS) is 11.1. The summed E-state index contributed by atoms with van der Waals surface area (Å²) >= 11 is 0.350. The number of hydrogen-bond donors (Lipinski definition) is 0. The van der Waals surface area contributed by atoms with Gasteiger partial charge in [-0.25, -0.2) is 0 Å². The fourth-order valence-corrected chi connectivity index (χ4v) is 3.65. The van der Waals surface area contributed by atoms with Gasteiger partial charge in [0.25, 0.3) is 0 Å². The number of hydrogen-bond acceptors (Lipinski definition) is 0. The van der Waals surface area contributed by atoms with E-state index in [-0.39, 0.29) is 0 Å². The zero-order valence-electron chi connectivity index (χ0n) is 5.56. The first-order valence-corrected chi connectivity index (χ1v) is 5.47. The van der Waals surface area contributed by atoms with Crippen molar-refractivity contribution in [2.75, 3.05) is 0 Å². The van der Waals surface area contributed by atoms with Crippen LogP contribution in [0.3, 0.4) is 0 Å². The Bertz CT molecular complexity index is 33.4. The Balaban J connectivity index is 2.95. The van der Waals surface area contributed by atoms with Crippen molar-refractivity contribution in [1.82, 2.24) is 0 Å². The van der Waals surface area contributed by atoms with E-state index in [9.17, 15) is 0 Å². The summed E-state index contributed by atoms with van der Waals surface area (Å²) in [4.78, 5) is 0. The summed E-state index contributed by atoms with van der Waals surface area (Å²) in [5.74, 6) is 0. The van der Waals surface area contributed by atoms with E-state index in [1.54, 1.807) is 0 Å². The van der Waals surface area contributed by atoms with Crippen molar-refractivity contribution in [2.24, 2.45) is 0 Å². The monoisotopic (exact) mass is 216 g/mol. The van der Waals surface area contributed by atoms with Gasteiger partial charge in [0.05, 0.1) is 0 Å². The van der Waals surface area contributed by atoms with Crippen LogP contribution in [0.5, 0.6) is 0 Å². The van der Waals surface area contributed by atoms with Gasteiger partial charge in [-0.3, -0.25) is 0 Å². The molecule has 0 aliphatic rings. The Hall–Kier alpha value is 0.790. The molecule has 0 spiro atoms. The van der Waals surface area contributed by atoms with Gasteiger partial charge in [0.15, 0.2) is 0 Å². The second kappa shape index (κ2) is 3.75. The van der Waals surface area contributed by atoms with Gasteiger partial charge in [0, 0.05) is 0 Å². The van der Waals surface area contributed by atoms with Crippen LogP contribution in [0, 0.1) is 0 Å². The molecule has 0 atom stereocenters. The third-order valence-electron chi connectivity index (χ3n) is 0.544. The molecule has 0 amide bonds. The molecule has 0 aromatic carbocycles. The van der Waals surface area contributed by atoms with E-state index in [1.165, 1.54) is 0 Å².